The molecular formula is C11H12FN. The molecule has 0 aromatic heterocycles. The van der Waals surface area contributed by atoms with E-state index in [2.05, 4.69) is 6.58 Å². The highest BCUT2D eigenvalue weighted by Gasteiger charge is 2.06. The minimum atomic E-state index is -0.379. The Morgan fingerprint density at radius 2 is 2.23 bits per heavy atom. The molecule has 0 fully saturated rings. The summed E-state index contributed by atoms with van der Waals surface area (Å²) >= 11 is 0. The molecule has 2 heteroatoms. The van der Waals surface area contributed by atoms with Gasteiger partial charge in [-0.15, -0.1) is 0 Å². The summed E-state index contributed by atoms with van der Waals surface area (Å²) in [6, 6.07) is 4.94. The molecule has 2 N–H and O–H groups in total. The van der Waals surface area contributed by atoms with Crippen molar-refractivity contribution in [3.63, 3.8) is 0 Å². The van der Waals surface area contributed by atoms with E-state index < -0.39 is 0 Å². The Balaban J connectivity index is 3.29. The molecule has 0 radical (unpaired) electrons. The van der Waals surface area contributed by atoms with Crippen molar-refractivity contribution in [3.8, 4) is 0 Å². The van der Waals surface area contributed by atoms with Crippen molar-refractivity contribution in [2.75, 3.05) is 5.73 Å². The third-order valence-electron chi connectivity index (χ3n) is 1.87. The number of nitrogens with two attached hydrogens (primary N) is 1. The van der Waals surface area contributed by atoms with Crippen molar-refractivity contribution in [1.82, 2.24) is 0 Å². The molecule has 0 unspecified atom stereocenters. The Hall–Kier alpha value is -1.57. The Kier molecular flexibility index (Phi) is 2.85. The highest BCUT2D eigenvalue weighted by molar-refractivity contribution is 5.75. The second-order valence-corrected chi connectivity index (χ2v) is 2.66. The first-order chi connectivity index (χ1) is 6.20. The predicted molar refractivity (Wildman–Crippen MR) is 54.7 cm³/mol. The first-order valence-electron chi connectivity index (χ1n) is 4.03. The van der Waals surface area contributed by atoms with Gasteiger partial charge in [0.2, 0.25) is 0 Å². The van der Waals surface area contributed by atoms with E-state index in [9.17, 15) is 4.39 Å². The first kappa shape index (κ1) is 9.52. The predicted octanol–water partition coefficient (Wildman–Crippen LogP) is 3.00. The quantitative estimate of drug-likeness (QED) is 0.545. The first-order valence-corrected chi connectivity index (χ1v) is 4.03. The minimum absolute atomic E-state index is 0.165. The van der Waals surface area contributed by atoms with E-state index in [1.807, 2.05) is 6.92 Å². The molecule has 0 bridgehead atoms. The lowest BCUT2D eigenvalue weighted by molar-refractivity contribution is 0.629. The van der Waals surface area contributed by atoms with Crippen molar-refractivity contribution >= 4 is 11.3 Å². The molecular weight excluding hydrogens is 165 g/mol. The zero-order valence-corrected chi connectivity index (χ0v) is 7.55. The Morgan fingerprint density at radius 3 is 2.77 bits per heavy atom. The van der Waals surface area contributed by atoms with Gasteiger partial charge in [-0.3, -0.25) is 0 Å². The highest BCUT2D eigenvalue weighted by atomic mass is 19.1. The second kappa shape index (κ2) is 3.90. The third kappa shape index (κ3) is 1.78. The third-order valence-corrected chi connectivity index (χ3v) is 1.87. The van der Waals surface area contributed by atoms with E-state index in [0.29, 0.717) is 5.56 Å². The Labute approximate surface area is 77.4 Å². The van der Waals surface area contributed by atoms with Crippen LogP contribution in [-0.2, 0) is 0 Å². The largest absolute Gasteiger partial charge is 0.396 e. The molecule has 0 saturated heterocycles. The Bertz CT molecular complexity index is 353. The Morgan fingerprint density at radius 1 is 1.54 bits per heavy atom. The van der Waals surface area contributed by atoms with Crippen LogP contribution in [0, 0.1) is 5.82 Å². The van der Waals surface area contributed by atoms with Crippen LogP contribution < -0.4 is 5.73 Å². The normalized spacial score (nSPS) is 11.4. The topological polar surface area (TPSA) is 26.0 Å². The van der Waals surface area contributed by atoms with E-state index >= 15 is 0 Å². The molecule has 1 nitrogen and oxygen atoms in total. The van der Waals surface area contributed by atoms with Gasteiger partial charge in [-0.05, 0) is 18.6 Å². The van der Waals surface area contributed by atoms with Crippen LogP contribution in [0.25, 0.3) is 5.57 Å². The number of nitrogen functional groups attached to an aromatic ring is 1. The molecule has 0 atom stereocenters. The van der Waals surface area contributed by atoms with Crippen molar-refractivity contribution in [3.05, 3.63) is 48.3 Å². The summed E-state index contributed by atoms with van der Waals surface area (Å²) in [6.07, 6.45) is 3.41. The van der Waals surface area contributed by atoms with Gasteiger partial charge in [0, 0.05) is 5.56 Å². The molecule has 0 heterocycles. The van der Waals surface area contributed by atoms with Gasteiger partial charge in [0.15, 0.2) is 5.82 Å². The molecule has 0 aliphatic heterocycles. The molecule has 68 valence electrons. The van der Waals surface area contributed by atoms with Gasteiger partial charge in [0.05, 0.1) is 5.69 Å². The van der Waals surface area contributed by atoms with Crippen LogP contribution >= 0.6 is 0 Å². The molecule has 0 amide bonds. The van der Waals surface area contributed by atoms with Gasteiger partial charge in [-0.2, -0.15) is 0 Å². The number of allylic oxidation sites excluding steroid dienone is 3. The van der Waals surface area contributed by atoms with E-state index in [4.69, 9.17) is 5.73 Å². The maximum atomic E-state index is 13.4. The van der Waals surface area contributed by atoms with Gasteiger partial charge in [-0.25, -0.2) is 4.39 Å². The summed E-state index contributed by atoms with van der Waals surface area (Å²) in [5.41, 5.74) is 6.85. The number of hydrogen-bond acceptors (Lipinski definition) is 1. The van der Waals surface area contributed by atoms with Crippen LogP contribution in [-0.4, -0.2) is 0 Å². The van der Waals surface area contributed by atoms with Crippen molar-refractivity contribution in [2.24, 2.45) is 0 Å². The van der Waals surface area contributed by atoms with Crippen molar-refractivity contribution in [1.29, 1.82) is 0 Å². The summed E-state index contributed by atoms with van der Waals surface area (Å²) < 4.78 is 13.4. The zero-order chi connectivity index (χ0) is 9.84. The lowest BCUT2D eigenvalue weighted by atomic mass is 10.0. The summed E-state index contributed by atoms with van der Waals surface area (Å²) in [6.45, 7) is 5.44. The lowest BCUT2D eigenvalue weighted by Gasteiger charge is -2.05. The number of halogens is 1. The molecule has 0 aliphatic rings. The maximum Gasteiger partial charge on any atom is 0.153 e. The average molecular weight is 177 g/mol. The van der Waals surface area contributed by atoms with Crippen LogP contribution in [0.3, 0.4) is 0 Å². The number of benzene rings is 1. The molecule has 13 heavy (non-hydrogen) atoms. The smallest absolute Gasteiger partial charge is 0.153 e. The average Bonchev–Trinajstić information content (AvgIpc) is 2.14. The summed E-state index contributed by atoms with van der Waals surface area (Å²) in [5.74, 6) is -0.379. The molecule has 0 spiro atoms. The van der Waals surface area contributed by atoms with E-state index in [-0.39, 0.29) is 11.5 Å². The lowest BCUT2D eigenvalue weighted by Crippen LogP contribution is -1.94. The van der Waals surface area contributed by atoms with Crippen LogP contribution in [0.5, 0.6) is 0 Å². The fraction of sp³-hybridized carbons (Fsp3) is 0.0909. The van der Waals surface area contributed by atoms with Crippen LogP contribution in [0.2, 0.25) is 0 Å². The molecule has 0 saturated carbocycles. The fourth-order valence-corrected chi connectivity index (χ4v) is 1.16. The van der Waals surface area contributed by atoms with E-state index in [1.165, 1.54) is 6.07 Å². The van der Waals surface area contributed by atoms with Gasteiger partial charge >= 0.3 is 0 Å². The molecule has 1 aromatic rings. The van der Waals surface area contributed by atoms with Gasteiger partial charge in [0.25, 0.3) is 0 Å². The highest BCUT2D eigenvalue weighted by Crippen LogP contribution is 2.22. The summed E-state index contributed by atoms with van der Waals surface area (Å²) in [7, 11) is 0. The fourth-order valence-electron chi connectivity index (χ4n) is 1.16. The molecule has 0 aliphatic carbocycles. The monoisotopic (exact) mass is 177 g/mol. The standard InChI is InChI=1S/C11H12FN/c1-3-8(4-2)9-6-5-7-10(13)11(9)12/h3-7H,1,13H2,2H3. The van der Waals surface area contributed by atoms with Crippen LogP contribution in [0.15, 0.2) is 36.9 Å². The SMILES string of the molecule is C=CC(=CC)c1cccc(N)c1F. The maximum absolute atomic E-state index is 13.4. The van der Waals surface area contributed by atoms with Gasteiger partial charge in [0.1, 0.15) is 0 Å². The second-order valence-electron chi connectivity index (χ2n) is 2.66. The number of rotatable bonds is 2. The van der Waals surface area contributed by atoms with Crippen LogP contribution in [0.4, 0.5) is 10.1 Å². The van der Waals surface area contributed by atoms with Gasteiger partial charge in [-0.1, -0.05) is 30.9 Å². The van der Waals surface area contributed by atoms with E-state index in [1.54, 1.807) is 24.3 Å². The van der Waals surface area contributed by atoms with Crippen molar-refractivity contribution < 1.29 is 4.39 Å². The van der Waals surface area contributed by atoms with Crippen LogP contribution in [0.1, 0.15) is 12.5 Å². The zero-order valence-electron chi connectivity index (χ0n) is 7.55. The number of hydrogen-bond donors (Lipinski definition) is 1. The van der Waals surface area contributed by atoms with E-state index in [0.717, 1.165) is 5.57 Å². The van der Waals surface area contributed by atoms with Gasteiger partial charge < -0.3 is 5.73 Å². The number of anilines is 1. The molecule has 1 aromatic carbocycles. The minimum Gasteiger partial charge on any atom is -0.396 e. The van der Waals surface area contributed by atoms with Crippen molar-refractivity contribution in [2.45, 2.75) is 6.92 Å². The summed E-state index contributed by atoms with van der Waals surface area (Å²) in [4.78, 5) is 0. The molecule has 1 rings (SSSR count). The summed E-state index contributed by atoms with van der Waals surface area (Å²) in [5, 5.41) is 0.